The maximum atomic E-state index is 11.9. The molecule has 1 heterocycles. The Hall–Kier alpha value is -0.610. The van der Waals surface area contributed by atoms with Gasteiger partial charge < -0.3 is 15.5 Å². The third-order valence-corrected chi connectivity index (χ3v) is 5.30. The summed E-state index contributed by atoms with van der Waals surface area (Å²) in [6, 6.07) is 1.56. The summed E-state index contributed by atoms with van der Waals surface area (Å²) in [7, 11) is 3.63. The van der Waals surface area contributed by atoms with Crippen molar-refractivity contribution >= 4 is 35.8 Å². The first-order valence-electron chi connectivity index (χ1n) is 11.0. The molecule has 0 unspecified atom stereocenters. The first-order valence-corrected chi connectivity index (χ1v) is 11.0. The number of amides is 1. The summed E-state index contributed by atoms with van der Waals surface area (Å²) in [5, 5.41) is 6.96. The molecule has 0 saturated carbocycles. The molecule has 0 aliphatic carbocycles. The van der Waals surface area contributed by atoms with E-state index in [9.17, 15) is 4.79 Å². The molecule has 0 bridgehead atoms. The minimum Gasteiger partial charge on any atom is -0.357 e. The molecule has 0 aromatic carbocycles. The van der Waals surface area contributed by atoms with Crippen LogP contribution in [-0.2, 0) is 4.79 Å². The van der Waals surface area contributed by atoms with Crippen LogP contribution in [0.1, 0.15) is 53.9 Å². The van der Waals surface area contributed by atoms with Crippen LogP contribution < -0.4 is 10.6 Å². The van der Waals surface area contributed by atoms with E-state index in [1.165, 1.54) is 0 Å². The summed E-state index contributed by atoms with van der Waals surface area (Å²) in [4.78, 5) is 23.1. The Morgan fingerprint density at radius 2 is 1.72 bits per heavy atom. The summed E-state index contributed by atoms with van der Waals surface area (Å²) in [5.41, 5.74) is 0. The van der Waals surface area contributed by atoms with Crippen LogP contribution in [0, 0.1) is 0 Å². The van der Waals surface area contributed by atoms with Gasteiger partial charge in [-0.2, -0.15) is 0 Å². The Balaban J connectivity index is 0.00000784. The molecule has 1 saturated heterocycles. The van der Waals surface area contributed by atoms with Crippen molar-refractivity contribution in [2.75, 3.05) is 53.4 Å². The molecule has 0 aromatic heterocycles. The van der Waals surface area contributed by atoms with Crippen molar-refractivity contribution in [1.29, 1.82) is 0 Å². The molecule has 1 fully saturated rings. The lowest BCUT2D eigenvalue weighted by atomic mass is 10.1. The van der Waals surface area contributed by atoms with Crippen LogP contribution in [0.2, 0.25) is 0 Å². The van der Waals surface area contributed by atoms with Crippen LogP contribution in [0.5, 0.6) is 0 Å². The monoisotopic (exact) mass is 524 g/mol. The quantitative estimate of drug-likeness (QED) is 0.199. The molecule has 0 atom stereocenters. The number of likely N-dealkylation sites (tertiary alicyclic amines) is 1. The summed E-state index contributed by atoms with van der Waals surface area (Å²) < 4.78 is 0. The van der Waals surface area contributed by atoms with Crippen molar-refractivity contribution in [3.63, 3.8) is 0 Å². The van der Waals surface area contributed by atoms with E-state index < -0.39 is 0 Å². The second-order valence-electron chi connectivity index (χ2n) is 8.52. The highest BCUT2D eigenvalue weighted by molar-refractivity contribution is 14.0. The van der Waals surface area contributed by atoms with E-state index in [2.05, 4.69) is 55.1 Å². The minimum atomic E-state index is 0. The van der Waals surface area contributed by atoms with Gasteiger partial charge in [0.15, 0.2) is 5.96 Å². The number of piperidine rings is 1. The predicted octanol–water partition coefficient (Wildman–Crippen LogP) is 2.22. The number of halogens is 1. The van der Waals surface area contributed by atoms with Crippen molar-refractivity contribution in [2.24, 2.45) is 4.99 Å². The number of aliphatic imine (C=N–C) groups is 1. The largest absolute Gasteiger partial charge is 0.357 e. The van der Waals surface area contributed by atoms with Gasteiger partial charge in [0.25, 0.3) is 0 Å². The highest BCUT2D eigenvalue weighted by Crippen LogP contribution is 2.10. The van der Waals surface area contributed by atoms with Crippen LogP contribution in [0.3, 0.4) is 0 Å². The van der Waals surface area contributed by atoms with Crippen molar-refractivity contribution in [3.05, 3.63) is 0 Å². The van der Waals surface area contributed by atoms with Crippen LogP contribution in [0.15, 0.2) is 4.99 Å². The molecule has 29 heavy (non-hydrogen) atoms. The van der Waals surface area contributed by atoms with Crippen molar-refractivity contribution in [3.8, 4) is 0 Å². The number of carbonyl (C=O) groups is 1. The van der Waals surface area contributed by atoms with Gasteiger partial charge >= 0.3 is 0 Å². The average molecular weight is 525 g/mol. The normalized spacial score (nSPS) is 16.3. The lowest BCUT2D eigenvalue weighted by Gasteiger charge is -2.33. The Morgan fingerprint density at radius 1 is 1.14 bits per heavy atom. The maximum Gasteiger partial charge on any atom is 0.236 e. The zero-order chi connectivity index (χ0) is 21.1. The highest BCUT2D eigenvalue weighted by atomic mass is 127. The molecule has 1 aliphatic heterocycles. The molecule has 7 nitrogen and oxygen atoms in total. The molecule has 0 aromatic rings. The average Bonchev–Trinajstić information content (AvgIpc) is 2.62. The molecule has 8 heteroatoms. The number of hydrogen-bond donors (Lipinski definition) is 2. The van der Waals surface area contributed by atoms with E-state index in [1.54, 1.807) is 4.90 Å². The Morgan fingerprint density at radius 3 is 2.21 bits per heavy atom. The SMILES string of the molecule is CCNC(=NCCCN(C(C)C)C(C)C)NC1CCN(CC(=O)N(C)C)CC1.I. The van der Waals surface area contributed by atoms with Crippen molar-refractivity contribution in [1.82, 2.24) is 25.3 Å². The van der Waals surface area contributed by atoms with Gasteiger partial charge in [0.1, 0.15) is 0 Å². The van der Waals surface area contributed by atoms with Gasteiger partial charge in [-0.05, 0) is 53.9 Å². The molecule has 1 amide bonds. The van der Waals surface area contributed by atoms with Crippen LogP contribution in [0.25, 0.3) is 0 Å². The number of rotatable bonds is 10. The lowest BCUT2D eigenvalue weighted by Crippen LogP contribution is -2.50. The second kappa shape index (κ2) is 15.2. The van der Waals surface area contributed by atoms with Crippen molar-refractivity contribution < 1.29 is 4.79 Å². The lowest BCUT2D eigenvalue weighted by molar-refractivity contribution is -0.130. The van der Waals surface area contributed by atoms with E-state index in [4.69, 9.17) is 4.99 Å². The number of hydrogen-bond acceptors (Lipinski definition) is 4. The topological polar surface area (TPSA) is 63.2 Å². The zero-order valence-corrected chi connectivity index (χ0v) is 22.0. The van der Waals surface area contributed by atoms with Crippen LogP contribution >= 0.6 is 24.0 Å². The Kier molecular flexibility index (Phi) is 14.9. The molecule has 2 N–H and O–H groups in total. The van der Waals surface area contributed by atoms with E-state index in [0.29, 0.717) is 24.7 Å². The molecule has 172 valence electrons. The summed E-state index contributed by atoms with van der Waals surface area (Å²) in [6.07, 6.45) is 3.15. The van der Waals surface area contributed by atoms with Gasteiger partial charge in [0.05, 0.1) is 6.54 Å². The molecular formula is C21H45IN6O. The van der Waals surface area contributed by atoms with Gasteiger partial charge in [0, 0.05) is 64.9 Å². The maximum absolute atomic E-state index is 11.9. The van der Waals surface area contributed by atoms with Gasteiger partial charge in [-0.3, -0.25) is 19.6 Å². The summed E-state index contributed by atoms with van der Waals surface area (Å²) in [5.74, 6) is 1.10. The van der Waals surface area contributed by atoms with Gasteiger partial charge in [0.2, 0.25) is 5.91 Å². The third kappa shape index (κ3) is 11.4. The number of nitrogens with one attached hydrogen (secondary N) is 2. The van der Waals surface area contributed by atoms with E-state index in [0.717, 1.165) is 57.9 Å². The molecule has 1 rings (SSSR count). The second-order valence-corrected chi connectivity index (χ2v) is 8.52. The fourth-order valence-electron chi connectivity index (χ4n) is 3.64. The standard InChI is InChI=1S/C21H44N6O.HI/c1-8-22-21(23-12-9-13-27(17(2)3)18(4)5)24-19-10-14-26(15-11-19)16-20(28)25(6)7;/h17-19H,8-16H2,1-7H3,(H2,22,23,24);1H. The van der Waals surface area contributed by atoms with Gasteiger partial charge in [-0.15, -0.1) is 24.0 Å². The Bertz CT molecular complexity index is 468. The molecular weight excluding hydrogens is 479 g/mol. The molecule has 0 spiro atoms. The first kappa shape index (κ1) is 28.4. The zero-order valence-electron chi connectivity index (χ0n) is 19.7. The number of likely N-dealkylation sites (N-methyl/N-ethyl adjacent to an activating group) is 1. The summed E-state index contributed by atoms with van der Waals surface area (Å²) >= 11 is 0. The van der Waals surface area contributed by atoms with Crippen molar-refractivity contribution in [2.45, 2.75) is 72.0 Å². The predicted molar refractivity (Wildman–Crippen MR) is 134 cm³/mol. The highest BCUT2D eigenvalue weighted by Gasteiger charge is 2.22. The van der Waals surface area contributed by atoms with Crippen LogP contribution in [-0.4, -0.2) is 98.1 Å². The van der Waals surface area contributed by atoms with E-state index in [1.807, 2.05) is 14.1 Å². The van der Waals surface area contributed by atoms with E-state index >= 15 is 0 Å². The first-order chi connectivity index (χ1) is 13.2. The fourth-order valence-corrected chi connectivity index (χ4v) is 3.64. The fraction of sp³-hybridized carbons (Fsp3) is 0.905. The number of guanidine groups is 1. The number of carbonyl (C=O) groups excluding carboxylic acids is 1. The number of nitrogens with zero attached hydrogens (tertiary/aromatic N) is 4. The van der Waals surface area contributed by atoms with Crippen LogP contribution in [0.4, 0.5) is 0 Å². The Labute approximate surface area is 196 Å². The molecule has 1 aliphatic rings. The van der Waals surface area contributed by atoms with Gasteiger partial charge in [-0.25, -0.2) is 0 Å². The van der Waals surface area contributed by atoms with Gasteiger partial charge in [-0.1, -0.05) is 0 Å². The smallest absolute Gasteiger partial charge is 0.236 e. The van der Waals surface area contributed by atoms with E-state index in [-0.39, 0.29) is 29.9 Å². The summed E-state index contributed by atoms with van der Waals surface area (Å²) in [6.45, 7) is 16.3. The minimum absolute atomic E-state index is 0. The molecule has 0 radical (unpaired) electrons. The third-order valence-electron chi connectivity index (χ3n) is 5.30.